The fourth-order valence-electron chi connectivity index (χ4n) is 1.83. The van der Waals surface area contributed by atoms with Crippen molar-refractivity contribution in [1.82, 2.24) is 14.5 Å². The smallest absolute Gasteiger partial charge is 0.305 e. The second kappa shape index (κ2) is 3.75. The Labute approximate surface area is 101 Å². The highest BCUT2D eigenvalue weighted by Gasteiger charge is 2.08. The highest BCUT2D eigenvalue weighted by Crippen LogP contribution is 2.19. The number of nitrogens with zero attached hydrogens (tertiary/aromatic N) is 2. The van der Waals surface area contributed by atoms with Crippen molar-refractivity contribution in [1.29, 1.82) is 0 Å². The van der Waals surface area contributed by atoms with E-state index in [0.717, 1.165) is 16.7 Å². The van der Waals surface area contributed by atoms with E-state index in [4.69, 9.17) is 11.6 Å². The Hall–Kier alpha value is -2.07. The Morgan fingerprint density at radius 2 is 1.94 bits per heavy atom. The average molecular weight is 246 g/mol. The number of nitrogens with one attached hydrogen (secondary N) is 1. The molecule has 5 heteroatoms. The fraction of sp³-hybridized carbons (Fsp3) is 0. The maximum atomic E-state index is 11.9. The number of pyridine rings is 1. The summed E-state index contributed by atoms with van der Waals surface area (Å²) in [7, 11) is 0. The second-order valence-corrected chi connectivity index (χ2v) is 4.07. The first-order valence-corrected chi connectivity index (χ1v) is 5.44. The van der Waals surface area contributed by atoms with Gasteiger partial charge in [0.2, 0.25) is 0 Å². The highest BCUT2D eigenvalue weighted by molar-refractivity contribution is 6.31. The van der Waals surface area contributed by atoms with Crippen LogP contribution in [0.15, 0.2) is 47.5 Å². The van der Waals surface area contributed by atoms with E-state index in [1.165, 1.54) is 0 Å². The second-order valence-electron chi connectivity index (χ2n) is 3.63. The quantitative estimate of drug-likeness (QED) is 0.716. The number of hydrogen-bond donors (Lipinski definition) is 1. The van der Waals surface area contributed by atoms with Crippen LogP contribution in [0.3, 0.4) is 0 Å². The number of fused-ring (bicyclic) bond motifs is 1. The minimum Gasteiger partial charge on any atom is -0.305 e. The topological polar surface area (TPSA) is 50.7 Å². The lowest BCUT2D eigenvalue weighted by molar-refractivity contribution is 1.01. The van der Waals surface area contributed by atoms with Gasteiger partial charge < -0.3 is 4.98 Å². The van der Waals surface area contributed by atoms with Gasteiger partial charge >= 0.3 is 5.69 Å². The molecule has 0 aliphatic heterocycles. The molecule has 0 fully saturated rings. The van der Waals surface area contributed by atoms with Crippen LogP contribution in [-0.4, -0.2) is 14.5 Å². The van der Waals surface area contributed by atoms with Gasteiger partial charge in [-0.1, -0.05) is 11.6 Å². The van der Waals surface area contributed by atoms with Crippen molar-refractivity contribution in [2.75, 3.05) is 0 Å². The first-order chi connectivity index (χ1) is 8.25. The zero-order chi connectivity index (χ0) is 11.8. The minimum absolute atomic E-state index is 0.187. The molecule has 0 bridgehead atoms. The molecule has 17 heavy (non-hydrogen) atoms. The van der Waals surface area contributed by atoms with E-state index >= 15 is 0 Å². The number of imidazole rings is 1. The number of H-pyrrole nitrogens is 1. The summed E-state index contributed by atoms with van der Waals surface area (Å²) in [5.41, 5.74) is 2.09. The van der Waals surface area contributed by atoms with Gasteiger partial charge in [0, 0.05) is 17.4 Å². The summed E-state index contributed by atoms with van der Waals surface area (Å²) in [5, 5.41) is 0.597. The van der Waals surface area contributed by atoms with Crippen LogP contribution in [0, 0.1) is 0 Å². The molecule has 3 aromatic rings. The normalized spacial score (nSPS) is 10.9. The average Bonchev–Trinajstić information content (AvgIpc) is 2.65. The summed E-state index contributed by atoms with van der Waals surface area (Å²) in [6, 6.07) is 8.84. The maximum Gasteiger partial charge on any atom is 0.331 e. The molecule has 0 unspecified atom stereocenters. The zero-order valence-corrected chi connectivity index (χ0v) is 9.48. The van der Waals surface area contributed by atoms with Gasteiger partial charge in [0.25, 0.3) is 0 Å². The van der Waals surface area contributed by atoms with Crippen molar-refractivity contribution in [2.45, 2.75) is 0 Å². The third kappa shape index (κ3) is 1.62. The zero-order valence-electron chi connectivity index (χ0n) is 8.72. The van der Waals surface area contributed by atoms with E-state index in [1.807, 2.05) is 0 Å². The van der Waals surface area contributed by atoms with Crippen molar-refractivity contribution in [2.24, 2.45) is 0 Å². The van der Waals surface area contributed by atoms with Gasteiger partial charge in [0.05, 0.1) is 16.7 Å². The summed E-state index contributed by atoms with van der Waals surface area (Å²) in [4.78, 5) is 18.6. The molecular formula is C12H8ClN3O. The Balaban J connectivity index is 2.40. The lowest BCUT2D eigenvalue weighted by Crippen LogP contribution is -2.14. The largest absolute Gasteiger partial charge is 0.331 e. The molecule has 84 valence electrons. The number of benzene rings is 1. The number of rotatable bonds is 1. The first kappa shape index (κ1) is 10.1. The molecule has 1 aromatic carbocycles. The number of aromatic nitrogens is 3. The predicted molar refractivity (Wildman–Crippen MR) is 66.7 cm³/mol. The molecule has 1 N–H and O–H groups in total. The van der Waals surface area contributed by atoms with E-state index in [2.05, 4.69) is 9.97 Å². The van der Waals surface area contributed by atoms with Crippen LogP contribution < -0.4 is 5.69 Å². The standard InChI is InChI=1S/C12H8ClN3O/c13-8-1-2-10-11(7-8)16(12(17)15-10)9-3-5-14-6-4-9/h1-7H,(H,15,17). The van der Waals surface area contributed by atoms with Crippen molar-refractivity contribution in [3.05, 3.63) is 58.2 Å². The van der Waals surface area contributed by atoms with Crippen LogP contribution in [0.4, 0.5) is 0 Å². The van der Waals surface area contributed by atoms with Gasteiger partial charge in [-0.15, -0.1) is 0 Å². The van der Waals surface area contributed by atoms with Crippen LogP contribution in [0.1, 0.15) is 0 Å². The van der Waals surface area contributed by atoms with E-state index in [-0.39, 0.29) is 5.69 Å². The lowest BCUT2D eigenvalue weighted by Gasteiger charge is -2.02. The summed E-state index contributed by atoms with van der Waals surface area (Å²) < 4.78 is 1.57. The molecule has 0 saturated carbocycles. The number of hydrogen-bond acceptors (Lipinski definition) is 2. The van der Waals surface area contributed by atoms with Gasteiger partial charge in [-0.25, -0.2) is 4.79 Å². The van der Waals surface area contributed by atoms with Gasteiger partial charge in [0.15, 0.2) is 0 Å². The molecule has 0 spiro atoms. The number of halogens is 1. The molecule has 0 aliphatic rings. The minimum atomic E-state index is -0.187. The number of aromatic amines is 1. The van der Waals surface area contributed by atoms with Crippen molar-refractivity contribution < 1.29 is 0 Å². The predicted octanol–water partition coefficient (Wildman–Crippen LogP) is 2.37. The Bertz CT molecular complexity index is 730. The molecule has 0 atom stereocenters. The van der Waals surface area contributed by atoms with Gasteiger partial charge in [0.1, 0.15) is 0 Å². The highest BCUT2D eigenvalue weighted by atomic mass is 35.5. The first-order valence-electron chi connectivity index (χ1n) is 5.06. The van der Waals surface area contributed by atoms with Crippen LogP contribution in [0.2, 0.25) is 5.02 Å². The Morgan fingerprint density at radius 1 is 1.18 bits per heavy atom. The Kier molecular flexibility index (Phi) is 2.23. The lowest BCUT2D eigenvalue weighted by atomic mass is 10.3. The maximum absolute atomic E-state index is 11.9. The molecule has 0 saturated heterocycles. The molecule has 2 heterocycles. The summed E-state index contributed by atoms with van der Waals surface area (Å²) in [6.07, 6.45) is 3.29. The molecule has 2 aromatic heterocycles. The van der Waals surface area contributed by atoms with Crippen molar-refractivity contribution >= 4 is 22.6 Å². The van der Waals surface area contributed by atoms with Crippen LogP contribution in [-0.2, 0) is 0 Å². The molecule has 0 aliphatic carbocycles. The van der Waals surface area contributed by atoms with Gasteiger partial charge in [-0.05, 0) is 30.3 Å². The summed E-state index contributed by atoms with van der Waals surface area (Å²) in [6.45, 7) is 0. The van der Waals surface area contributed by atoms with Crippen molar-refractivity contribution in [3.63, 3.8) is 0 Å². The monoisotopic (exact) mass is 245 g/mol. The fourth-order valence-corrected chi connectivity index (χ4v) is 1.99. The Morgan fingerprint density at radius 3 is 2.71 bits per heavy atom. The SMILES string of the molecule is O=c1[nH]c2ccc(Cl)cc2n1-c1ccncc1. The van der Waals surface area contributed by atoms with E-state index < -0.39 is 0 Å². The third-order valence-electron chi connectivity index (χ3n) is 2.57. The van der Waals surface area contributed by atoms with E-state index in [0.29, 0.717) is 5.02 Å². The van der Waals surface area contributed by atoms with Crippen molar-refractivity contribution in [3.8, 4) is 5.69 Å². The molecule has 3 rings (SSSR count). The molecular weight excluding hydrogens is 238 g/mol. The van der Waals surface area contributed by atoms with E-state index in [9.17, 15) is 4.79 Å². The van der Waals surface area contributed by atoms with Gasteiger partial charge in [-0.3, -0.25) is 9.55 Å². The van der Waals surface area contributed by atoms with Crippen LogP contribution >= 0.6 is 11.6 Å². The molecule has 0 amide bonds. The van der Waals surface area contributed by atoms with Crippen LogP contribution in [0.5, 0.6) is 0 Å². The summed E-state index contributed by atoms with van der Waals surface area (Å²) >= 11 is 5.95. The summed E-state index contributed by atoms with van der Waals surface area (Å²) in [5.74, 6) is 0. The van der Waals surface area contributed by atoms with Crippen LogP contribution in [0.25, 0.3) is 16.7 Å². The molecule has 0 radical (unpaired) electrons. The molecule has 4 nitrogen and oxygen atoms in total. The van der Waals surface area contributed by atoms with Gasteiger partial charge in [-0.2, -0.15) is 0 Å². The third-order valence-corrected chi connectivity index (χ3v) is 2.80. The van der Waals surface area contributed by atoms with E-state index in [1.54, 1.807) is 47.3 Å².